The summed E-state index contributed by atoms with van der Waals surface area (Å²) in [6.07, 6.45) is 0.325. The van der Waals surface area contributed by atoms with Crippen molar-refractivity contribution in [3.63, 3.8) is 0 Å². The Labute approximate surface area is 185 Å². The van der Waals surface area contributed by atoms with Crippen molar-refractivity contribution in [2.45, 2.75) is 12.3 Å². The van der Waals surface area contributed by atoms with Gasteiger partial charge in [-0.1, -0.05) is 46.1 Å². The van der Waals surface area contributed by atoms with Gasteiger partial charge in [0, 0.05) is 34.6 Å². The molecule has 1 aliphatic rings. The van der Waals surface area contributed by atoms with Crippen molar-refractivity contribution >= 4 is 68.8 Å². The predicted molar refractivity (Wildman–Crippen MR) is 115 cm³/mol. The molecule has 0 spiro atoms. The first-order chi connectivity index (χ1) is 13.9. The third-order valence-corrected chi connectivity index (χ3v) is 6.26. The molecule has 1 saturated heterocycles. The number of aromatic nitrogens is 2. The second-order valence-electron chi connectivity index (χ2n) is 6.41. The van der Waals surface area contributed by atoms with Gasteiger partial charge in [0.15, 0.2) is 0 Å². The molecule has 2 aromatic carbocycles. The van der Waals surface area contributed by atoms with Crippen molar-refractivity contribution < 1.29 is 9.59 Å². The van der Waals surface area contributed by atoms with Gasteiger partial charge in [-0.05, 0) is 42.5 Å². The minimum atomic E-state index is -0.425. The van der Waals surface area contributed by atoms with Gasteiger partial charge in [0.05, 0.1) is 10.6 Å². The second kappa shape index (κ2) is 8.28. The molecule has 1 N–H and O–H groups in total. The fraction of sp³-hybridized carbons (Fsp3) is 0.158. The lowest BCUT2D eigenvalue weighted by Crippen LogP contribution is -2.24. The first-order valence-corrected chi connectivity index (χ1v) is 10.5. The van der Waals surface area contributed by atoms with Gasteiger partial charge in [-0.2, -0.15) is 0 Å². The molecule has 2 heterocycles. The summed E-state index contributed by atoms with van der Waals surface area (Å²) in [4.78, 5) is 26.6. The van der Waals surface area contributed by atoms with Crippen molar-refractivity contribution in [1.29, 1.82) is 0 Å². The summed E-state index contributed by atoms with van der Waals surface area (Å²) in [6, 6.07) is 11.8. The van der Waals surface area contributed by atoms with Gasteiger partial charge < -0.3 is 4.90 Å². The average molecular weight is 468 g/mol. The van der Waals surface area contributed by atoms with Crippen LogP contribution in [-0.4, -0.2) is 28.6 Å². The van der Waals surface area contributed by atoms with Crippen LogP contribution in [0, 0.1) is 0 Å². The highest BCUT2D eigenvalue weighted by molar-refractivity contribution is 7.15. The van der Waals surface area contributed by atoms with Crippen LogP contribution in [0.4, 0.5) is 10.8 Å². The van der Waals surface area contributed by atoms with Crippen LogP contribution < -0.4 is 10.2 Å². The van der Waals surface area contributed by atoms with Crippen LogP contribution in [0.15, 0.2) is 42.5 Å². The van der Waals surface area contributed by atoms with Crippen LogP contribution in [0.25, 0.3) is 0 Å². The third-order valence-electron chi connectivity index (χ3n) is 4.45. The minimum Gasteiger partial charge on any atom is -0.312 e. The first-order valence-electron chi connectivity index (χ1n) is 8.56. The van der Waals surface area contributed by atoms with E-state index in [0.717, 1.165) is 5.69 Å². The van der Waals surface area contributed by atoms with E-state index >= 15 is 0 Å². The summed E-state index contributed by atoms with van der Waals surface area (Å²) in [7, 11) is 0. The fourth-order valence-corrected chi connectivity index (χ4v) is 4.36. The lowest BCUT2D eigenvalue weighted by atomic mass is 10.1. The molecule has 148 valence electrons. The van der Waals surface area contributed by atoms with Gasteiger partial charge in [-0.3, -0.25) is 14.9 Å². The average Bonchev–Trinajstić information content (AvgIpc) is 3.31. The van der Waals surface area contributed by atoms with E-state index in [1.165, 1.54) is 17.4 Å². The highest BCUT2D eigenvalue weighted by Crippen LogP contribution is 2.34. The number of anilines is 2. The summed E-state index contributed by atoms with van der Waals surface area (Å²) in [5, 5.41) is 13.2. The molecule has 1 atom stereocenters. The van der Waals surface area contributed by atoms with Crippen LogP contribution in [-0.2, 0) is 4.79 Å². The number of halogens is 3. The normalized spacial score (nSPS) is 16.3. The van der Waals surface area contributed by atoms with Crippen molar-refractivity contribution in [3.8, 4) is 0 Å². The molecule has 0 aliphatic carbocycles. The van der Waals surface area contributed by atoms with Gasteiger partial charge in [0.2, 0.25) is 11.0 Å². The van der Waals surface area contributed by atoms with E-state index < -0.39 is 5.91 Å². The van der Waals surface area contributed by atoms with Gasteiger partial charge in [0.1, 0.15) is 5.01 Å². The number of carbonyl (C=O) groups excluding carboxylic acids is 2. The van der Waals surface area contributed by atoms with Crippen LogP contribution in [0.1, 0.15) is 27.7 Å². The lowest BCUT2D eigenvalue weighted by Gasteiger charge is -2.16. The summed E-state index contributed by atoms with van der Waals surface area (Å²) in [6.45, 7) is 0.489. The Hall–Kier alpha value is -2.19. The number of nitrogens with one attached hydrogen (secondary N) is 1. The summed E-state index contributed by atoms with van der Waals surface area (Å²) in [5.41, 5.74) is 1.04. The van der Waals surface area contributed by atoms with Crippen molar-refractivity contribution in [1.82, 2.24) is 10.2 Å². The predicted octanol–water partition coefficient (Wildman–Crippen LogP) is 5.27. The molecule has 0 bridgehead atoms. The first kappa shape index (κ1) is 20.1. The molecule has 6 nitrogen and oxygen atoms in total. The fourth-order valence-electron chi connectivity index (χ4n) is 3.03. The van der Waals surface area contributed by atoms with Crippen LogP contribution in [0.5, 0.6) is 0 Å². The molecule has 1 aliphatic heterocycles. The Kier molecular flexibility index (Phi) is 5.74. The summed E-state index contributed by atoms with van der Waals surface area (Å²) < 4.78 is 0. The molecule has 0 radical (unpaired) electrons. The van der Waals surface area contributed by atoms with Crippen molar-refractivity contribution in [2.75, 3.05) is 16.8 Å². The van der Waals surface area contributed by atoms with Gasteiger partial charge in [0.25, 0.3) is 5.91 Å². The maximum Gasteiger partial charge on any atom is 0.259 e. The number of benzene rings is 2. The van der Waals surface area contributed by atoms with Crippen LogP contribution in [0.3, 0.4) is 0 Å². The van der Waals surface area contributed by atoms with E-state index in [1.807, 2.05) is 12.1 Å². The lowest BCUT2D eigenvalue weighted by molar-refractivity contribution is -0.117. The summed E-state index contributed by atoms with van der Waals surface area (Å²) in [5.74, 6) is -0.523. The number of amides is 2. The molecule has 4 rings (SSSR count). The Morgan fingerprint density at radius 3 is 2.55 bits per heavy atom. The number of hydrogen-bond acceptors (Lipinski definition) is 5. The van der Waals surface area contributed by atoms with Crippen LogP contribution in [0.2, 0.25) is 15.1 Å². The zero-order chi connectivity index (χ0) is 20.5. The number of rotatable bonds is 4. The van der Waals surface area contributed by atoms with Gasteiger partial charge in [-0.25, -0.2) is 0 Å². The summed E-state index contributed by atoms with van der Waals surface area (Å²) >= 11 is 19.1. The van der Waals surface area contributed by atoms with E-state index in [0.29, 0.717) is 33.2 Å². The van der Waals surface area contributed by atoms with Crippen molar-refractivity contribution in [2.24, 2.45) is 0 Å². The molecular formula is C19H13Cl3N4O2S. The SMILES string of the molecule is O=C(Nc1nnc(C2CC(=O)N(c3ccc(Cl)cc3)C2)s1)c1cc(Cl)ccc1Cl. The Morgan fingerprint density at radius 1 is 1.07 bits per heavy atom. The largest absolute Gasteiger partial charge is 0.312 e. The number of hydrogen-bond donors (Lipinski definition) is 1. The Bertz CT molecular complexity index is 1090. The number of carbonyl (C=O) groups is 2. The molecule has 3 aromatic rings. The minimum absolute atomic E-state index is 0.00353. The molecule has 29 heavy (non-hydrogen) atoms. The molecule has 0 saturated carbocycles. The topological polar surface area (TPSA) is 75.2 Å². The van der Waals surface area contributed by atoms with Gasteiger partial charge in [-0.15, -0.1) is 10.2 Å². The standard InChI is InChI=1S/C19H13Cl3N4O2S/c20-11-1-4-13(5-2-11)26-9-10(7-16(26)27)18-24-25-19(29-18)23-17(28)14-8-12(21)3-6-15(14)22/h1-6,8,10H,7,9H2,(H,23,25,28). The molecule has 10 heteroatoms. The maximum absolute atomic E-state index is 12.4. The smallest absolute Gasteiger partial charge is 0.259 e. The number of nitrogens with zero attached hydrogens (tertiary/aromatic N) is 3. The van der Waals surface area contributed by atoms with E-state index in [-0.39, 0.29) is 22.4 Å². The monoisotopic (exact) mass is 466 g/mol. The van der Waals surface area contributed by atoms with E-state index in [9.17, 15) is 9.59 Å². The zero-order valence-electron chi connectivity index (χ0n) is 14.7. The molecule has 1 aromatic heterocycles. The van der Waals surface area contributed by atoms with Crippen molar-refractivity contribution in [3.05, 3.63) is 68.1 Å². The third kappa shape index (κ3) is 4.38. The molecule has 1 unspecified atom stereocenters. The Balaban J connectivity index is 1.46. The second-order valence-corrected chi connectivity index (χ2v) is 8.69. The van der Waals surface area contributed by atoms with E-state index in [4.69, 9.17) is 34.8 Å². The van der Waals surface area contributed by atoms with Gasteiger partial charge >= 0.3 is 0 Å². The van der Waals surface area contributed by atoms with E-state index in [2.05, 4.69) is 15.5 Å². The highest BCUT2D eigenvalue weighted by Gasteiger charge is 2.34. The molecular weight excluding hydrogens is 455 g/mol. The maximum atomic E-state index is 12.4. The molecule has 1 fully saturated rings. The quantitative estimate of drug-likeness (QED) is 0.567. The Morgan fingerprint density at radius 2 is 1.79 bits per heavy atom. The highest BCUT2D eigenvalue weighted by atomic mass is 35.5. The van der Waals surface area contributed by atoms with E-state index in [1.54, 1.807) is 29.2 Å². The van der Waals surface area contributed by atoms with Crippen LogP contribution >= 0.6 is 46.1 Å². The zero-order valence-corrected chi connectivity index (χ0v) is 17.8. The molecule has 2 amide bonds.